The van der Waals surface area contributed by atoms with E-state index < -0.39 is 5.97 Å². The molecule has 5 nitrogen and oxygen atoms in total. The molecule has 1 aromatic carbocycles. The van der Waals surface area contributed by atoms with Gasteiger partial charge in [-0.2, -0.15) is 5.10 Å². The van der Waals surface area contributed by atoms with Gasteiger partial charge in [-0.25, -0.2) is 9.48 Å². The highest BCUT2D eigenvalue weighted by molar-refractivity contribution is 5.96. The van der Waals surface area contributed by atoms with Gasteiger partial charge in [-0.15, -0.1) is 0 Å². The van der Waals surface area contributed by atoms with Crippen LogP contribution >= 0.6 is 0 Å². The average Bonchev–Trinajstić information content (AvgIpc) is 2.70. The Morgan fingerprint density at radius 2 is 2.12 bits per heavy atom. The van der Waals surface area contributed by atoms with Gasteiger partial charge in [0.15, 0.2) is 0 Å². The topological polar surface area (TPSA) is 61.2 Å². The van der Waals surface area contributed by atoms with Crippen LogP contribution in [0, 0.1) is 0 Å². The fraction of sp³-hybridized carbons (Fsp3) is 0.182. The third kappa shape index (κ3) is 1.56. The lowest BCUT2D eigenvalue weighted by Crippen LogP contribution is -2.07. The van der Waals surface area contributed by atoms with E-state index in [9.17, 15) is 9.59 Å². The van der Waals surface area contributed by atoms with E-state index in [1.54, 1.807) is 24.4 Å². The first-order chi connectivity index (χ1) is 7.63. The molecule has 2 aromatic rings. The van der Waals surface area contributed by atoms with Crippen LogP contribution in [0.4, 0.5) is 0 Å². The largest absolute Gasteiger partial charge is 0.465 e. The lowest BCUT2D eigenvalue weighted by Gasteiger charge is -2.00. The second-order valence-electron chi connectivity index (χ2n) is 3.34. The number of hydrogen-bond donors (Lipinski definition) is 0. The van der Waals surface area contributed by atoms with Gasteiger partial charge in [0.05, 0.1) is 24.4 Å². The van der Waals surface area contributed by atoms with Crippen molar-refractivity contribution in [1.82, 2.24) is 9.78 Å². The Morgan fingerprint density at radius 1 is 1.38 bits per heavy atom. The van der Waals surface area contributed by atoms with Crippen molar-refractivity contribution in [3.8, 4) is 0 Å². The maximum absolute atomic E-state index is 11.3. The number of ether oxygens (including phenoxy) is 1. The minimum Gasteiger partial charge on any atom is -0.465 e. The van der Waals surface area contributed by atoms with Crippen LogP contribution in [0.5, 0.6) is 0 Å². The van der Waals surface area contributed by atoms with Crippen molar-refractivity contribution in [3.63, 3.8) is 0 Å². The number of fused-ring (bicyclic) bond motifs is 1. The quantitative estimate of drug-likeness (QED) is 0.680. The molecule has 0 aliphatic heterocycles. The fourth-order valence-electron chi connectivity index (χ4n) is 1.51. The predicted octanol–water partition coefficient (Wildman–Crippen LogP) is 1.48. The van der Waals surface area contributed by atoms with Gasteiger partial charge in [0.2, 0.25) is 5.91 Å². The van der Waals surface area contributed by atoms with Crippen LogP contribution in [-0.4, -0.2) is 28.8 Å². The Labute approximate surface area is 91.6 Å². The number of benzene rings is 1. The van der Waals surface area contributed by atoms with E-state index in [0.717, 1.165) is 5.39 Å². The van der Waals surface area contributed by atoms with Crippen molar-refractivity contribution in [2.45, 2.75) is 6.92 Å². The number of rotatable bonds is 1. The molecule has 5 heteroatoms. The van der Waals surface area contributed by atoms with Gasteiger partial charge in [-0.3, -0.25) is 4.79 Å². The zero-order valence-corrected chi connectivity index (χ0v) is 8.93. The highest BCUT2D eigenvalue weighted by atomic mass is 16.5. The minimum atomic E-state index is -0.432. The van der Waals surface area contributed by atoms with Crippen molar-refractivity contribution in [2.75, 3.05) is 7.11 Å². The molecule has 0 unspecified atom stereocenters. The Balaban J connectivity index is 2.63. The van der Waals surface area contributed by atoms with E-state index in [0.29, 0.717) is 11.1 Å². The zero-order valence-electron chi connectivity index (χ0n) is 8.93. The predicted molar refractivity (Wildman–Crippen MR) is 57.4 cm³/mol. The van der Waals surface area contributed by atoms with Gasteiger partial charge < -0.3 is 4.74 Å². The lowest BCUT2D eigenvalue weighted by molar-refractivity contribution is 0.0600. The van der Waals surface area contributed by atoms with Gasteiger partial charge >= 0.3 is 5.97 Å². The first-order valence-corrected chi connectivity index (χ1v) is 4.70. The highest BCUT2D eigenvalue weighted by Gasteiger charge is 2.10. The normalized spacial score (nSPS) is 10.4. The first kappa shape index (κ1) is 10.4. The lowest BCUT2D eigenvalue weighted by atomic mass is 10.2. The molecule has 0 fully saturated rings. The smallest absolute Gasteiger partial charge is 0.337 e. The van der Waals surface area contributed by atoms with Gasteiger partial charge in [0.1, 0.15) is 0 Å². The maximum atomic E-state index is 11.3. The summed E-state index contributed by atoms with van der Waals surface area (Å²) in [6.45, 7) is 1.41. The molecular weight excluding hydrogens is 208 g/mol. The molecule has 0 radical (unpaired) electrons. The number of esters is 1. The van der Waals surface area contributed by atoms with Crippen molar-refractivity contribution in [2.24, 2.45) is 0 Å². The second kappa shape index (κ2) is 3.77. The summed E-state index contributed by atoms with van der Waals surface area (Å²) in [6, 6.07) is 4.96. The maximum Gasteiger partial charge on any atom is 0.337 e. The van der Waals surface area contributed by atoms with E-state index in [4.69, 9.17) is 0 Å². The Kier molecular flexibility index (Phi) is 2.44. The van der Waals surface area contributed by atoms with Gasteiger partial charge in [0, 0.05) is 12.3 Å². The Bertz CT molecular complexity index is 572. The molecule has 1 aromatic heterocycles. The molecule has 82 valence electrons. The summed E-state index contributed by atoms with van der Waals surface area (Å²) in [7, 11) is 1.31. The summed E-state index contributed by atoms with van der Waals surface area (Å²) >= 11 is 0. The monoisotopic (exact) mass is 218 g/mol. The van der Waals surface area contributed by atoms with Crippen LogP contribution < -0.4 is 0 Å². The summed E-state index contributed by atoms with van der Waals surface area (Å²) in [5.74, 6) is -0.629. The van der Waals surface area contributed by atoms with Crippen LogP contribution in [0.1, 0.15) is 22.1 Å². The number of carbonyl (C=O) groups is 2. The molecule has 0 N–H and O–H groups in total. The molecule has 0 aliphatic rings. The summed E-state index contributed by atoms with van der Waals surface area (Å²) in [4.78, 5) is 22.6. The van der Waals surface area contributed by atoms with Crippen molar-refractivity contribution in [1.29, 1.82) is 0 Å². The molecule has 0 atom stereocenters. The van der Waals surface area contributed by atoms with E-state index in [1.807, 2.05) is 0 Å². The average molecular weight is 218 g/mol. The van der Waals surface area contributed by atoms with Gasteiger partial charge in [0.25, 0.3) is 0 Å². The van der Waals surface area contributed by atoms with Crippen LogP contribution in [0.2, 0.25) is 0 Å². The zero-order chi connectivity index (χ0) is 11.7. The summed E-state index contributed by atoms with van der Waals surface area (Å²) < 4.78 is 5.86. The third-order valence-electron chi connectivity index (χ3n) is 2.29. The number of hydrogen-bond acceptors (Lipinski definition) is 4. The molecule has 0 spiro atoms. The van der Waals surface area contributed by atoms with Crippen LogP contribution in [0.3, 0.4) is 0 Å². The second-order valence-corrected chi connectivity index (χ2v) is 3.34. The number of nitrogens with zero attached hydrogens (tertiary/aromatic N) is 2. The molecule has 0 aliphatic carbocycles. The van der Waals surface area contributed by atoms with E-state index in [1.165, 1.54) is 18.7 Å². The molecule has 2 rings (SSSR count). The van der Waals surface area contributed by atoms with Crippen LogP contribution in [-0.2, 0) is 4.74 Å². The number of aromatic nitrogens is 2. The summed E-state index contributed by atoms with van der Waals surface area (Å²) in [5, 5.41) is 4.74. The van der Waals surface area contributed by atoms with E-state index in [2.05, 4.69) is 9.84 Å². The molecule has 1 heterocycles. The Hall–Kier alpha value is -2.17. The first-order valence-electron chi connectivity index (χ1n) is 4.70. The minimum absolute atomic E-state index is 0.197. The number of methoxy groups -OCH3 is 1. The van der Waals surface area contributed by atoms with E-state index >= 15 is 0 Å². The summed E-state index contributed by atoms with van der Waals surface area (Å²) in [6.07, 6.45) is 1.58. The third-order valence-corrected chi connectivity index (χ3v) is 2.29. The molecule has 0 amide bonds. The molecule has 0 saturated carbocycles. The SMILES string of the molecule is COC(=O)c1ccc2cnn(C(C)=O)c2c1. The summed E-state index contributed by atoms with van der Waals surface area (Å²) in [5.41, 5.74) is 1.01. The standard InChI is InChI=1S/C11H10N2O3/c1-7(14)13-10-5-8(11(15)16-2)3-4-9(10)6-12-13/h3-6H,1-2H3. The van der Waals surface area contributed by atoms with Crippen molar-refractivity contribution >= 4 is 22.8 Å². The Morgan fingerprint density at radius 3 is 2.75 bits per heavy atom. The highest BCUT2D eigenvalue weighted by Crippen LogP contribution is 2.16. The molecule has 0 bridgehead atoms. The van der Waals surface area contributed by atoms with Gasteiger partial charge in [-0.1, -0.05) is 6.07 Å². The fourth-order valence-corrected chi connectivity index (χ4v) is 1.51. The molecular formula is C11H10N2O3. The van der Waals surface area contributed by atoms with Crippen molar-refractivity contribution in [3.05, 3.63) is 30.0 Å². The number of carbonyl (C=O) groups excluding carboxylic acids is 2. The van der Waals surface area contributed by atoms with Gasteiger partial charge in [-0.05, 0) is 12.1 Å². The van der Waals surface area contributed by atoms with Crippen molar-refractivity contribution < 1.29 is 14.3 Å². The molecule has 0 saturated heterocycles. The molecule has 16 heavy (non-hydrogen) atoms. The van der Waals surface area contributed by atoms with Crippen LogP contribution in [0.15, 0.2) is 24.4 Å². The van der Waals surface area contributed by atoms with E-state index in [-0.39, 0.29) is 5.91 Å². The van der Waals surface area contributed by atoms with Crippen LogP contribution in [0.25, 0.3) is 10.9 Å².